The Morgan fingerprint density at radius 2 is 2.00 bits per heavy atom. The molecular weight excluding hydrogens is 356 g/mol. The van der Waals surface area contributed by atoms with E-state index in [0.717, 1.165) is 35.4 Å². The van der Waals surface area contributed by atoms with Gasteiger partial charge in [-0.1, -0.05) is 18.2 Å². The minimum Gasteiger partial charge on any atom is -0.378 e. The minimum absolute atomic E-state index is 0.270. The summed E-state index contributed by atoms with van der Waals surface area (Å²) in [5.41, 5.74) is 2.87. The summed E-state index contributed by atoms with van der Waals surface area (Å²) in [6.45, 7) is 5.02. The topological polar surface area (TPSA) is 87.3 Å². The molecule has 3 aromatic rings. The predicted molar refractivity (Wildman–Crippen MR) is 106 cm³/mol. The number of pyridine rings is 1. The van der Waals surface area contributed by atoms with Crippen LogP contribution >= 0.6 is 0 Å². The number of ether oxygens (including phenoxy) is 1. The first-order chi connectivity index (χ1) is 13.6. The highest BCUT2D eigenvalue weighted by Gasteiger charge is 2.22. The maximum Gasteiger partial charge on any atom is 0.292 e. The number of benzene rings is 1. The Balaban J connectivity index is 1.45. The van der Waals surface area contributed by atoms with Crippen LogP contribution in [0.3, 0.4) is 0 Å². The van der Waals surface area contributed by atoms with Crippen LogP contribution in [-0.4, -0.2) is 48.0 Å². The Hall–Kier alpha value is -3.19. The summed E-state index contributed by atoms with van der Waals surface area (Å²) in [4.78, 5) is 34.9. The molecule has 1 aliphatic rings. The Kier molecular flexibility index (Phi) is 5.08. The highest BCUT2D eigenvalue weighted by atomic mass is 16.5. The summed E-state index contributed by atoms with van der Waals surface area (Å²) in [5.74, 6) is -0.288. The summed E-state index contributed by atoms with van der Waals surface area (Å²) >= 11 is 0. The van der Waals surface area contributed by atoms with E-state index in [1.165, 1.54) is 0 Å². The maximum atomic E-state index is 12.7. The van der Waals surface area contributed by atoms with Crippen LogP contribution < -0.4 is 10.2 Å². The number of para-hydroxylation sites is 1. The number of H-pyrrole nitrogens is 1. The van der Waals surface area contributed by atoms with E-state index in [-0.39, 0.29) is 6.54 Å². The van der Waals surface area contributed by atoms with Crippen molar-refractivity contribution in [3.05, 3.63) is 59.4 Å². The molecule has 1 aromatic carbocycles. The zero-order chi connectivity index (χ0) is 19.5. The number of hydrogen-bond donors (Lipinski definition) is 2. The third kappa shape index (κ3) is 3.61. The quantitative estimate of drug-likeness (QED) is 0.525. The molecule has 4 rings (SSSR count). The van der Waals surface area contributed by atoms with Crippen molar-refractivity contribution in [2.45, 2.75) is 13.5 Å². The number of Topliss-reactive ketones (excluding diaryl/α,β-unsaturated/α-hetero) is 1. The first-order valence-corrected chi connectivity index (χ1v) is 9.31. The van der Waals surface area contributed by atoms with Crippen molar-refractivity contribution in [3.63, 3.8) is 0 Å². The minimum atomic E-state index is -0.613. The number of fused-ring (bicyclic) bond motifs is 1. The van der Waals surface area contributed by atoms with Crippen LogP contribution in [0.5, 0.6) is 0 Å². The van der Waals surface area contributed by atoms with Gasteiger partial charge in [0.2, 0.25) is 0 Å². The van der Waals surface area contributed by atoms with Gasteiger partial charge in [-0.15, -0.1) is 0 Å². The Labute approximate surface area is 162 Å². The molecule has 1 aliphatic heterocycles. The molecule has 0 spiro atoms. The molecule has 3 heterocycles. The molecule has 0 unspecified atom stereocenters. The zero-order valence-electron chi connectivity index (χ0n) is 15.7. The number of aromatic nitrogens is 2. The average Bonchev–Trinajstić information content (AvgIpc) is 3.08. The molecule has 7 nitrogen and oxygen atoms in total. The van der Waals surface area contributed by atoms with Gasteiger partial charge in [0, 0.05) is 42.4 Å². The molecule has 7 heteroatoms. The second-order valence-electron chi connectivity index (χ2n) is 6.80. The van der Waals surface area contributed by atoms with Gasteiger partial charge >= 0.3 is 0 Å². The third-order valence-electron chi connectivity index (χ3n) is 4.92. The van der Waals surface area contributed by atoms with Crippen LogP contribution in [0, 0.1) is 6.92 Å². The fraction of sp³-hybridized carbons (Fsp3) is 0.286. The monoisotopic (exact) mass is 378 g/mol. The van der Waals surface area contributed by atoms with Crippen LogP contribution in [0.15, 0.2) is 42.6 Å². The van der Waals surface area contributed by atoms with Crippen molar-refractivity contribution in [2.75, 3.05) is 31.2 Å². The molecule has 0 bridgehead atoms. The van der Waals surface area contributed by atoms with Crippen molar-refractivity contribution in [1.82, 2.24) is 15.3 Å². The Morgan fingerprint density at radius 1 is 1.21 bits per heavy atom. The molecule has 144 valence electrons. The summed E-state index contributed by atoms with van der Waals surface area (Å²) in [5, 5.41) is 3.50. The fourth-order valence-electron chi connectivity index (χ4n) is 3.48. The number of anilines is 1. The molecule has 1 saturated heterocycles. The lowest BCUT2D eigenvalue weighted by Crippen LogP contribution is -2.37. The molecule has 2 N–H and O–H groups in total. The van der Waals surface area contributed by atoms with Gasteiger partial charge in [-0.2, -0.15) is 0 Å². The van der Waals surface area contributed by atoms with E-state index < -0.39 is 11.7 Å². The van der Waals surface area contributed by atoms with Crippen molar-refractivity contribution in [3.8, 4) is 0 Å². The zero-order valence-corrected chi connectivity index (χ0v) is 15.7. The van der Waals surface area contributed by atoms with Gasteiger partial charge in [-0.05, 0) is 30.7 Å². The van der Waals surface area contributed by atoms with Crippen molar-refractivity contribution < 1.29 is 14.3 Å². The number of carbonyl (C=O) groups is 2. The van der Waals surface area contributed by atoms with Crippen LogP contribution in [-0.2, 0) is 16.1 Å². The fourth-order valence-corrected chi connectivity index (χ4v) is 3.48. The molecule has 0 atom stereocenters. The molecule has 2 aromatic heterocycles. The number of aromatic amines is 1. The van der Waals surface area contributed by atoms with Crippen LogP contribution in [0.2, 0.25) is 0 Å². The molecule has 0 saturated carbocycles. The van der Waals surface area contributed by atoms with Gasteiger partial charge in [0.1, 0.15) is 5.82 Å². The number of amides is 1. The third-order valence-corrected chi connectivity index (χ3v) is 4.92. The van der Waals surface area contributed by atoms with E-state index in [9.17, 15) is 9.59 Å². The van der Waals surface area contributed by atoms with Gasteiger partial charge < -0.3 is 19.9 Å². The Bertz CT molecular complexity index is 1020. The van der Waals surface area contributed by atoms with Gasteiger partial charge in [-0.3, -0.25) is 9.59 Å². The Morgan fingerprint density at radius 3 is 2.82 bits per heavy atom. The van der Waals surface area contributed by atoms with E-state index in [0.29, 0.717) is 24.5 Å². The lowest BCUT2D eigenvalue weighted by Gasteiger charge is -2.28. The van der Waals surface area contributed by atoms with E-state index in [1.807, 2.05) is 36.4 Å². The number of nitrogens with one attached hydrogen (secondary N) is 2. The van der Waals surface area contributed by atoms with E-state index in [1.54, 1.807) is 13.1 Å². The first kappa shape index (κ1) is 18.2. The highest BCUT2D eigenvalue weighted by molar-refractivity contribution is 6.45. The molecule has 1 fully saturated rings. The average molecular weight is 378 g/mol. The first-order valence-electron chi connectivity index (χ1n) is 9.31. The molecule has 0 aliphatic carbocycles. The predicted octanol–water partition coefficient (Wildman–Crippen LogP) is 2.21. The highest BCUT2D eigenvalue weighted by Crippen LogP contribution is 2.22. The summed E-state index contributed by atoms with van der Waals surface area (Å²) < 4.78 is 5.37. The van der Waals surface area contributed by atoms with Crippen molar-refractivity contribution in [1.29, 1.82) is 0 Å². The van der Waals surface area contributed by atoms with Crippen molar-refractivity contribution in [2.24, 2.45) is 0 Å². The second-order valence-corrected chi connectivity index (χ2v) is 6.80. The lowest BCUT2D eigenvalue weighted by atomic mass is 10.1. The van der Waals surface area contributed by atoms with Gasteiger partial charge in [0.25, 0.3) is 11.7 Å². The van der Waals surface area contributed by atoms with Crippen molar-refractivity contribution >= 4 is 28.4 Å². The maximum absolute atomic E-state index is 12.7. The number of aryl methyl sites for hydroxylation is 1. The molecule has 28 heavy (non-hydrogen) atoms. The second kappa shape index (κ2) is 7.82. The lowest BCUT2D eigenvalue weighted by molar-refractivity contribution is -0.117. The molecule has 1 amide bonds. The van der Waals surface area contributed by atoms with Crippen LogP contribution in [0.4, 0.5) is 5.82 Å². The van der Waals surface area contributed by atoms with Gasteiger partial charge in [0.15, 0.2) is 0 Å². The smallest absolute Gasteiger partial charge is 0.292 e. The SMILES string of the molecule is Cc1[nH]c2ccccc2c1C(=O)C(=O)NCc1ccnc(N2CCOCC2)c1. The summed E-state index contributed by atoms with van der Waals surface area (Å²) in [7, 11) is 0. The number of carbonyl (C=O) groups excluding carboxylic acids is 2. The van der Waals surface area contributed by atoms with E-state index in [2.05, 4.69) is 20.2 Å². The van der Waals surface area contributed by atoms with Gasteiger partial charge in [-0.25, -0.2) is 4.98 Å². The van der Waals surface area contributed by atoms with Gasteiger partial charge in [0.05, 0.1) is 18.8 Å². The molecule has 0 radical (unpaired) electrons. The van der Waals surface area contributed by atoms with Crippen LogP contribution in [0.1, 0.15) is 21.6 Å². The van der Waals surface area contributed by atoms with E-state index in [4.69, 9.17) is 4.74 Å². The largest absolute Gasteiger partial charge is 0.378 e. The standard InChI is InChI=1S/C21H22N4O3/c1-14-19(16-4-2-3-5-17(16)24-14)20(26)21(27)23-13-15-6-7-22-18(12-15)25-8-10-28-11-9-25/h2-7,12,24H,8-11,13H2,1H3,(H,23,27). The molecular formula is C21H22N4O3. The number of hydrogen-bond acceptors (Lipinski definition) is 5. The number of morpholine rings is 1. The summed E-state index contributed by atoms with van der Waals surface area (Å²) in [6.07, 6.45) is 1.72. The normalized spacial score (nSPS) is 14.2. The van der Waals surface area contributed by atoms with E-state index >= 15 is 0 Å². The number of nitrogens with zero attached hydrogens (tertiary/aromatic N) is 2. The number of rotatable bonds is 5. The number of ketones is 1. The summed E-state index contributed by atoms with van der Waals surface area (Å²) in [6, 6.07) is 11.3. The van der Waals surface area contributed by atoms with Crippen LogP contribution in [0.25, 0.3) is 10.9 Å².